The second kappa shape index (κ2) is 4.93. The molecule has 0 saturated heterocycles. The van der Waals surface area contributed by atoms with Crippen LogP contribution in [0.4, 0.5) is 5.69 Å². The number of hydrogen-bond acceptors (Lipinski definition) is 4. The number of hydrogen-bond donors (Lipinski definition) is 3. The summed E-state index contributed by atoms with van der Waals surface area (Å²) in [4.78, 5) is 22.8. The molecule has 1 amide bonds. The standard InChI is InChI=1S/C13H12INO4/c1-7(16)4-9(17)6-13(19)10-5-8(14)2-3-11(10)15-12(13)18/h2-5,17,19H,6H2,1H3,(H,15,18)/b9-4+. The maximum atomic E-state index is 11.9. The monoisotopic (exact) mass is 373 g/mol. The first-order chi connectivity index (χ1) is 8.83. The smallest absolute Gasteiger partial charge is 0.261 e. The van der Waals surface area contributed by atoms with Crippen LogP contribution >= 0.6 is 22.6 Å². The highest BCUT2D eigenvalue weighted by molar-refractivity contribution is 14.1. The molecule has 0 saturated carbocycles. The molecule has 0 radical (unpaired) electrons. The topological polar surface area (TPSA) is 86.6 Å². The molecule has 1 atom stereocenters. The molecule has 0 spiro atoms. The molecule has 1 aromatic carbocycles. The number of carbonyl (C=O) groups is 2. The number of allylic oxidation sites excluding steroid dienone is 1. The number of fused-ring (bicyclic) bond motifs is 1. The van der Waals surface area contributed by atoms with E-state index in [-0.39, 0.29) is 18.0 Å². The molecule has 1 aromatic rings. The minimum Gasteiger partial charge on any atom is -0.512 e. The molecule has 0 fully saturated rings. The molecule has 19 heavy (non-hydrogen) atoms. The number of amides is 1. The van der Waals surface area contributed by atoms with Crippen molar-refractivity contribution >= 4 is 40.0 Å². The van der Waals surface area contributed by atoms with E-state index in [2.05, 4.69) is 27.9 Å². The Morgan fingerprint density at radius 2 is 2.21 bits per heavy atom. The van der Waals surface area contributed by atoms with Crippen molar-refractivity contribution in [1.82, 2.24) is 0 Å². The summed E-state index contributed by atoms with van der Waals surface area (Å²) in [5.74, 6) is -1.27. The third kappa shape index (κ3) is 2.64. The predicted octanol–water partition coefficient (Wildman–Crippen LogP) is 1.85. The van der Waals surface area contributed by atoms with Crippen molar-refractivity contribution in [3.05, 3.63) is 39.2 Å². The summed E-state index contributed by atoms with van der Waals surface area (Å²) in [6.45, 7) is 1.28. The summed E-state index contributed by atoms with van der Waals surface area (Å²) in [6.07, 6.45) is 0.669. The van der Waals surface area contributed by atoms with Gasteiger partial charge in [0.2, 0.25) is 0 Å². The van der Waals surface area contributed by atoms with Crippen LogP contribution in [-0.2, 0) is 15.2 Å². The molecular formula is C13H12INO4. The first-order valence-corrected chi connectivity index (χ1v) is 6.65. The van der Waals surface area contributed by atoms with E-state index in [4.69, 9.17) is 0 Å². The largest absolute Gasteiger partial charge is 0.512 e. The molecule has 0 bridgehead atoms. The maximum Gasteiger partial charge on any atom is 0.261 e. The van der Waals surface area contributed by atoms with Crippen molar-refractivity contribution in [2.24, 2.45) is 0 Å². The lowest BCUT2D eigenvalue weighted by molar-refractivity contribution is -0.134. The van der Waals surface area contributed by atoms with Crippen LogP contribution in [0.15, 0.2) is 30.0 Å². The zero-order valence-corrected chi connectivity index (χ0v) is 12.3. The maximum absolute atomic E-state index is 11.9. The molecule has 3 N–H and O–H groups in total. The Labute approximate surface area is 123 Å². The van der Waals surface area contributed by atoms with E-state index in [1.165, 1.54) is 6.92 Å². The average molecular weight is 373 g/mol. The van der Waals surface area contributed by atoms with Crippen LogP contribution in [0.3, 0.4) is 0 Å². The Hall–Kier alpha value is -1.41. The minimum absolute atomic E-state index is 0.322. The predicted molar refractivity (Wildman–Crippen MR) is 77.7 cm³/mol. The van der Waals surface area contributed by atoms with Gasteiger partial charge in [0.1, 0.15) is 0 Å². The van der Waals surface area contributed by atoms with Gasteiger partial charge in [0.25, 0.3) is 5.91 Å². The van der Waals surface area contributed by atoms with Crippen molar-refractivity contribution < 1.29 is 19.8 Å². The first-order valence-electron chi connectivity index (χ1n) is 5.57. The number of ketones is 1. The van der Waals surface area contributed by atoms with E-state index in [0.717, 1.165) is 9.65 Å². The highest BCUT2D eigenvalue weighted by atomic mass is 127. The number of anilines is 1. The van der Waals surface area contributed by atoms with Gasteiger partial charge in [-0.1, -0.05) is 0 Å². The van der Waals surface area contributed by atoms with E-state index in [1.54, 1.807) is 18.2 Å². The summed E-state index contributed by atoms with van der Waals surface area (Å²) < 4.78 is 0.862. The van der Waals surface area contributed by atoms with Crippen molar-refractivity contribution in [1.29, 1.82) is 0 Å². The second-order valence-electron chi connectivity index (χ2n) is 4.43. The van der Waals surface area contributed by atoms with Crippen molar-refractivity contribution in [2.75, 3.05) is 5.32 Å². The summed E-state index contributed by atoms with van der Waals surface area (Å²) in [6, 6.07) is 5.17. The third-order valence-corrected chi connectivity index (χ3v) is 3.53. The highest BCUT2D eigenvalue weighted by Crippen LogP contribution is 2.40. The van der Waals surface area contributed by atoms with Crippen LogP contribution in [0.25, 0.3) is 0 Å². The molecule has 0 aromatic heterocycles. The number of carbonyl (C=O) groups excluding carboxylic acids is 2. The zero-order chi connectivity index (χ0) is 14.2. The average Bonchev–Trinajstić information content (AvgIpc) is 2.51. The molecule has 100 valence electrons. The lowest BCUT2D eigenvalue weighted by Gasteiger charge is -2.20. The Morgan fingerprint density at radius 3 is 2.84 bits per heavy atom. The van der Waals surface area contributed by atoms with E-state index in [0.29, 0.717) is 11.3 Å². The molecule has 5 nitrogen and oxygen atoms in total. The number of benzene rings is 1. The Bertz CT molecular complexity index is 596. The van der Waals surface area contributed by atoms with Crippen LogP contribution in [0.1, 0.15) is 18.9 Å². The number of halogens is 1. The van der Waals surface area contributed by atoms with Gasteiger partial charge in [-0.2, -0.15) is 0 Å². The van der Waals surface area contributed by atoms with Gasteiger partial charge in [0.15, 0.2) is 11.4 Å². The van der Waals surface area contributed by atoms with E-state index in [9.17, 15) is 19.8 Å². The lowest BCUT2D eigenvalue weighted by atomic mass is 9.91. The Morgan fingerprint density at radius 1 is 1.53 bits per heavy atom. The van der Waals surface area contributed by atoms with Gasteiger partial charge in [-0.05, 0) is 47.7 Å². The van der Waals surface area contributed by atoms with E-state index < -0.39 is 11.5 Å². The third-order valence-electron chi connectivity index (χ3n) is 2.86. The number of nitrogens with one attached hydrogen (secondary N) is 1. The number of aliphatic hydroxyl groups is 2. The van der Waals surface area contributed by atoms with E-state index in [1.807, 2.05) is 0 Å². The summed E-state index contributed by atoms with van der Waals surface area (Å²) in [5.41, 5.74) is -0.913. The molecule has 0 aliphatic carbocycles. The van der Waals surface area contributed by atoms with Crippen LogP contribution in [0.5, 0.6) is 0 Å². The van der Waals surface area contributed by atoms with Crippen LogP contribution in [0, 0.1) is 3.57 Å². The Kier molecular flexibility index (Phi) is 3.64. The highest BCUT2D eigenvalue weighted by Gasteiger charge is 2.46. The SMILES string of the molecule is CC(=O)/C=C(/O)CC1(O)C(=O)Nc2ccc(I)cc21. The summed E-state index contributed by atoms with van der Waals surface area (Å²) in [5, 5.41) is 22.7. The number of rotatable bonds is 3. The van der Waals surface area contributed by atoms with Gasteiger partial charge < -0.3 is 15.5 Å². The molecule has 1 aliphatic rings. The second-order valence-corrected chi connectivity index (χ2v) is 5.67. The van der Waals surface area contributed by atoms with Crippen molar-refractivity contribution in [3.63, 3.8) is 0 Å². The number of aliphatic hydroxyl groups excluding tert-OH is 1. The van der Waals surface area contributed by atoms with Crippen LogP contribution in [0.2, 0.25) is 0 Å². The molecule has 1 unspecified atom stereocenters. The molecule has 1 aliphatic heterocycles. The minimum atomic E-state index is -1.84. The lowest BCUT2D eigenvalue weighted by Crippen LogP contribution is -2.34. The fourth-order valence-electron chi connectivity index (χ4n) is 2.04. The van der Waals surface area contributed by atoms with Gasteiger partial charge in [-0.3, -0.25) is 9.59 Å². The van der Waals surface area contributed by atoms with Gasteiger partial charge in [-0.15, -0.1) is 0 Å². The fraction of sp³-hybridized carbons (Fsp3) is 0.231. The fourth-order valence-corrected chi connectivity index (χ4v) is 2.53. The van der Waals surface area contributed by atoms with E-state index >= 15 is 0 Å². The summed E-state index contributed by atoms with van der Waals surface area (Å²) >= 11 is 2.07. The molecule has 6 heteroatoms. The van der Waals surface area contributed by atoms with Crippen molar-refractivity contribution in [3.8, 4) is 0 Å². The van der Waals surface area contributed by atoms with Crippen LogP contribution < -0.4 is 5.32 Å². The van der Waals surface area contributed by atoms with Gasteiger partial charge in [0, 0.05) is 27.3 Å². The Balaban J connectivity index is 2.41. The van der Waals surface area contributed by atoms with Gasteiger partial charge in [0.05, 0.1) is 5.76 Å². The van der Waals surface area contributed by atoms with Gasteiger partial charge in [-0.25, -0.2) is 0 Å². The van der Waals surface area contributed by atoms with Gasteiger partial charge >= 0.3 is 0 Å². The molecular weight excluding hydrogens is 361 g/mol. The quantitative estimate of drug-likeness (QED) is 0.429. The van der Waals surface area contributed by atoms with Crippen LogP contribution in [-0.4, -0.2) is 21.9 Å². The molecule has 1 heterocycles. The normalized spacial score (nSPS) is 22.1. The molecule has 2 rings (SSSR count). The summed E-state index contributed by atoms with van der Waals surface area (Å²) in [7, 11) is 0. The first kappa shape index (κ1) is 14.0. The zero-order valence-electron chi connectivity index (χ0n) is 10.1. The van der Waals surface area contributed by atoms with Crippen molar-refractivity contribution in [2.45, 2.75) is 18.9 Å².